The van der Waals surface area contributed by atoms with Crippen LogP contribution in [0.4, 0.5) is 0 Å². The van der Waals surface area contributed by atoms with Crippen molar-refractivity contribution in [3.8, 4) is 16.5 Å². The van der Waals surface area contributed by atoms with Crippen LogP contribution in [0, 0.1) is 13.8 Å². The Morgan fingerprint density at radius 1 is 1.12 bits per heavy atom. The van der Waals surface area contributed by atoms with Gasteiger partial charge in [-0.1, -0.05) is 30.0 Å². The first-order valence-corrected chi connectivity index (χ1v) is 9.78. The van der Waals surface area contributed by atoms with Crippen LogP contribution in [0.2, 0.25) is 0 Å². The van der Waals surface area contributed by atoms with Gasteiger partial charge in [0.25, 0.3) is 5.89 Å². The summed E-state index contributed by atoms with van der Waals surface area (Å²) in [5.41, 5.74) is 3.31. The fourth-order valence-corrected chi connectivity index (χ4v) is 3.95. The van der Waals surface area contributed by atoms with Gasteiger partial charge in [0.05, 0.1) is 15.8 Å². The molecule has 0 radical (unpaired) electrons. The number of benzene rings is 1. The van der Waals surface area contributed by atoms with Gasteiger partial charge in [0, 0.05) is 0 Å². The number of nitrogens with zero attached hydrogens (tertiary/aromatic N) is 6. The lowest BCUT2D eigenvalue weighted by Crippen LogP contribution is -2.03. The van der Waals surface area contributed by atoms with Crippen molar-refractivity contribution in [2.75, 3.05) is 0 Å². The summed E-state index contributed by atoms with van der Waals surface area (Å²) in [5, 5.41) is 23.1. The van der Waals surface area contributed by atoms with Gasteiger partial charge < -0.3 is 4.42 Å². The van der Waals surface area contributed by atoms with Gasteiger partial charge in [0.2, 0.25) is 11.0 Å². The van der Waals surface area contributed by atoms with Crippen LogP contribution in [-0.2, 0) is 0 Å². The van der Waals surface area contributed by atoms with Gasteiger partial charge in [0.1, 0.15) is 0 Å². The van der Waals surface area contributed by atoms with Gasteiger partial charge in [-0.15, -0.1) is 26.6 Å². The molecule has 4 aromatic rings. The molecular weight excluding hydrogens is 368 g/mol. The molecule has 0 amide bonds. The van der Waals surface area contributed by atoms with Crippen molar-refractivity contribution in [1.82, 2.24) is 30.4 Å². The van der Waals surface area contributed by atoms with Crippen molar-refractivity contribution >= 4 is 23.1 Å². The summed E-state index contributed by atoms with van der Waals surface area (Å²) in [6.45, 7) is 6.14. The maximum absolute atomic E-state index is 5.82. The average Bonchev–Trinajstić information content (AvgIpc) is 3.38. The van der Waals surface area contributed by atoms with Crippen molar-refractivity contribution in [3.05, 3.63) is 52.7 Å². The molecule has 0 aliphatic rings. The minimum absolute atomic E-state index is 0.0777. The number of thioether (sulfide) groups is 1. The van der Waals surface area contributed by atoms with Crippen LogP contribution in [0.3, 0.4) is 0 Å². The zero-order chi connectivity index (χ0) is 18.1. The Morgan fingerprint density at radius 2 is 2.00 bits per heavy atom. The highest BCUT2D eigenvalue weighted by atomic mass is 32.2. The van der Waals surface area contributed by atoms with Gasteiger partial charge in [-0.25, -0.2) is 0 Å². The van der Waals surface area contributed by atoms with E-state index in [4.69, 9.17) is 4.42 Å². The predicted octanol–water partition coefficient (Wildman–Crippen LogP) is 4.24. The van der Waals surface area contributed by atoms with Gasteiger partial charge in [-0.2, -0.15) is 4.68 Å². The highest BCUT2D eigenvalue weighted by molar-refractivity contribution is 7.99. The Morgan fingerprint density at radius 3 is 2.81 bits per heavy atom. The summed E-state index contributed by atoms with van der Waals surface area (Å²) in [6, 6.07) is 10.0. The quantitative estimate of drug-likeness (QED) is 0.476. The van der Waals surface area contributed by atoms with Crippen molar-refractivity contribution in [2.24, 2.45) is 0 Å². The Bertz CT molecular complexity index is 1020. The number of aryl methyl sites for hydroxylation is 1. The zero-order valence-corrected chi connectivity index (χ0v) is 16.1. The summed E-state index contributed by atoms with van der Waals surface area (Å²) < 4.78 is 7.57. The molecule has 0 spiro atoms. The molecule has 0 unspecified atom stereocenters. The topological polar surface area (TPSA) is 82.5 Å². The summed E-state index contributed by atoms with van der Waals surface area (Å²) in [7, 11) is 0. The monoisotopic (exact) mass is 384 g/mol. The lowest BCUT2D eigenvalue weighted by atomic mass is 10.1. The van der Waals surface area contributed by atoms with E-state index in [-0.39, 0.29) is 5.25 Å². The normalized spacial score (nSPS) is 12.4. The molecule has 0 fully saturated rings. The van der Waals surface area contributed by atoms with Crippen LogP contribution in [0.1, 0.15) is 29.2 Å². The largest absolute Gasteiger partial charge is 0.419 e. The van der Waals surface area contributed by atoms with Crippen LogP contribution in [-0.4, -0.2) is 30.4 Å². The van der Waals surface area contributed by atoms with E-state index in [1.807, 2.05) is 36.6 Å². The summed E-state index contributed by atoms with van der Waals surface area (Å²) in [6.07, 6.45) is 0. The van der Waals surface area contributed by atoms with E-state index in [1.54, 1.807) is 16.0 Å². The van der Waals surface area contributed by atoms with E-state index < -0.39 is 0 Å². The molecule has 0 N–H and O–H groups in total. The molecule has 0 saturated heterocycles. The van der Waals surface area contributed by atoms with Crippen molar-refractivity contribution in [2.45, 2.75) is 31.2 Å². The SMILES string of the molecule is Cc1cccc(-n2nnnc2S[C@@H](C)c2nnc(-c3cccs3)o2)c1C. The molecule has 4 rings (SSSR count). The fraction of sp³-hybridized carbons (Fsp3) is 0.235. The lowest BCUT2D eigenvalue weighted by molar-refractivity contribution is 0.509. The molecule has 3 aromatic heterocycles. The van der Waals surface area contributed by atoms with Gasteiger partial charge in [0.15, 0.2) is 0 Å². The third-order valence-corrected chi connectivity index (χ3v) is 5.93. The maximum atomic E-state index is 5.82. The molecule has 26 heavy (non-hydrogen) atoms. The molecule has 132 valence electrons. The van der Waals surface area contributed by atoms with Gasteiger partial charge in [-0.05, 0) is 59.8 Å². The molecule has 0 aliphatic heterocycles. The number of aromatic nitrogens is 6. The van der Waals surface area contributed by atoms with Crippen LogP contribution in [0.5, 0.6) is 0 Å². The zero-order valence-electron chi connectivity index (χ0n) is 14.4. The Kier molecular flexibility index (Phi) is 4.56. The molecule has 0 bridgehead atoms. The second-order valence-corrected chi connectivity index (χ2v) is 8.03. The van der Waals surface area contributed by atoms with E-state index in [9.17, 15) is 0 Å². The Labute approximate surface area is 158 Å². The molecule has 1 atom stereocenters. The fourth-order valence-electron chi connectivity index (χ4n) is 2.48. The van der Waals surface area contributed by atoms with E-state index in [2.05, 4.69) is 45.6 Å². The maximum Gasteiger partial charge on any atom is 0.257 e. The minimum Gasteiger partial charge on any atom is -0.419 e. The first-order valence-electron chi connectivity index (χ1n) is 8.02. The second-order valence-electron chi connectivity index (χ2n) is 5.78. The van der Waals surface area contributed by atoms with E-state index in [0.717, 1.165) is 16.1 Å². The molecule has 1 aromatic carbocycles. The first kappa shape index (κ1) is 16.9. The van der Waals surface area contributed by atoms with Crippen molar-refractivity contribution in [1.29, 1.82) is 0 Å². The van der Waals surface area contributed by atoms with Crippen LogP contribution in [0.25, 0.3) is 16.5 Å². The molecule has 9 heteroatoms. The second kappa shape index (κ2) is 7.00. The highest BCUT2D eigenvalue weighted by Gasteiger charge is 2.21. The number of hydrogen-bond donors (Lipinski definition) is 0. The predicted molar refractivity (Wildman–Crippen MR) is 101 cm³/mol. The van der Waals surface area contributed by atoms with Gasteiger partial charge in [-0.3, -0.25) is 0 Å². The standard InChI is InChI=1S/C17H16N6OS2/c1-10-6-4-7-13(11(10)2)23-17(20-21-22-23)26-12(3)15-18-19-16(24-15)14-8-5-9-25-14/h4-9,12H,1-3H3/t12-/m0/s1. The van der Waals surface area contributed by atoms with Crippen LogP contribution in [0.15, 0.2) is 45.3 Å². The van der Waals surface area contributed by atoms with E-state index in [0.29, 0.717) is 16.9 Å². The molecule has 0 saturated carbocycles. The Balaban J connectivity index is 1.59. The summed E-state index contributed by atoms with van der Waals surface area (Å²) in [5.74, 6) is 1.09. The van der Waals surface area contributed by atoms with Crippen molar-refractivity contribution < 1.29 is 4.42 Å². The average molecular weight is 384 g/mol. The van der Waals surface area contributed by atoms with Gasteiger partial charge >= 0.3 is 0 Å². The Hall–Kier alpha value is -2.52. The lowest BCUT2D eigenvalue weighted by Gasteiger charge is -2.10. The third kappa shape index (κ3) is 3.15. The smallest absolute Gasteiger partial charge is 0.257 e. The molecular formula is C17H16N6OS2. The van der Waals surface area contributed by atoms with Crippen LogP contribution < -0.4 is 0 Å². The first-order chi connectivity index (χ1) is 12.6. The van der Waals surface area contributed by atoms with Crippen molar-refractivity contribution in [3.63, 3.8) is 0 Å². The summed E-state index contributed by atoms with van der Waals surface area (Å²) in [4.78, 5) is 0.959. The highest BCUT2D eigenvalue weighted by Crippen LogP contribution is 2.35. The number of tetrazole rings is 1. The van der Waals surface area contributed by atoms with Crippen LogP contribution >= 0.6 is 23.1 Å². The minimum atomic E-state index is -0.0777. The summed E-state index contributed by atoms with van der Waals surface area (Å²) >= 11 is 3.05. The van der Waals surface area contributed by atoms with E-state index in [1.165, 1.54) is 17.3 Å². The molecule has 7 nitrogen and oxygen atoms in total. The molecule has 3 heterocycles. The third-order valence-electron chi connectivity index (χ3n) is 4.05. The molecule has 0 aliphatic carbocycles. The van der Waals surface area contributed by atoms with E-state index >= 15 is 0 Å². The number of rotatable bonds is 5. The number of hydrogen-bond acceptors (Lipinski definition) is 8. The number of thiophene rings is 1.